The Bertz CT molecular complexity index is 218. The second-order valence-corrected chi connectivity index (χ2v) is 4.50. The van der Waals surface area contributed by atoms with Gasteiger partial charge in [-0.15, -0.1) is 17.0 Å². The Morgan fingerprint density at radius 3 is 1.00 bits per heavy atom. The number of carboxylic acid groups (broad SMARTS) is 1. The van der Waals surface area contributed by atoms with Crippen molar-refractivity contribution in [3.05, 3.63) is 12.2 Å². The summed E-state index contributed by atoms with van der Waals surface area (Å²) in [5.74, 6) is -0.900. The fourth-order valence-corrected chi connectivity index (χ4v) is 1.49. The summed E-state index contributed by atoms with van der Waals surface area (Å²) in [5, 5.41) is 8.08. The number of carbonyl (C=O) groups is 1. The first-order valence-corrected chi connectivity index (χ1v) is 8.23. The average Bonchev–Trinajstić information content (AvgIpc) is 2.51. The van der Waals surface area contributed by atoms with Crippen molar-refractivity contribution in [2.75, 3.05) is 39.3 Å². The highest BCUT2D eigenvalue weighted by atomic mass is 79.9. The molecule has 0 rings (SSSR count). The number of carboxylic acids is 1. The van der Waals surface area contributed by atoms with Crippen LogP contribution in [0.2, 0.25) is 0 Å². The lowest BCUT2D eigenvalue weighted by molar-refractivity contribution is -0.132. The van der Waals surface area contributed by atoms with Gasteiger partial charge in [-0.25, -0.2) is 4.79 Å². The lowest BCUT2D eigenvalue weighted by Gasteiger charge is -2.13. The number of hydrogen-bond donors (Lipinski definition) is 1. The molecule has 0 saturated carbocycles. The molecule has 0 amide bonds. The third-order valence-corrected chi connectivity index (χ3v) is 3.41. The first-order valence-electron chi connectivity index (χ1n) is 8.23. The quantitative estimate of drug-likeness (QED) is 0.635. The van der Waals surface area contributed by atoms with Crippen LogP contribution in [-0.4, -0.2) is 60.1 Å². The van der Waals surface area contributed by atoms with Crippen LogP contribution in [0.5, 0.6) is 0 Å². The lowest BCUT2D eigenvalue weighted by Crippen LogP contribution is -2.21. The van der Waals surface area contributed by atoms with Crippen LogP contribution in [0.4, 0.5) is 0 Å². The summed E-state index contributed by atoms with van der Waals surface area (Å²) in [6.45, 7) is 25.3. The van der Waals surface area contributed by atoms with Crippen LogP contribution in [-0.2, 0) is 4.79 Å². The van der Waals surface area contributed by atoms with Gasteiger partial charge >= 0.3 is 5.97 Å². The Kier molecular flexibility index (Phi) is 30.8. The molecule has 0 radical (unpaired) electrons. The van der Waals surface area contributed by atoms with Gasteiger partial charge in [-0.1, -0.05) is 55.0 Å². The summed E-state index contributed by atoms with van der Waals surface area (Å²) in [7, 11) is 0. The van der Waals surface area contributed by atoms with Crippen molar-refractivity contribution in [1.29, 1.82) is 0 Å². The molecule has 0 spiro atoms. The molecule has 0 saturated heterocycles. The summed E-state index contributed by atoms with van der Waals surface area (Å²) in [5.41, 5.74) is 0.264. The van der Waals surface area contributed by atoms with Gasteiger partial charge in [0.15, 0.2) is 0 Å². The zero-order valence-electron chi connectivity index (χ0n) is 15.8. The maximum Gasteiger partial charge on any atom is 0.330 e. The van der Waals surface area contributed by atoms with Crippen molar-refractivity contribution in [3.8, 4) is 0 Å². The molecule has 0 unspecified atom stereocenters. The van der Waals surface area contributed by atoms with Crippen LogP contribution in [0.3, 0.4) is 0 Å². The molecule has 0 aliphatic carbocycles. The van der Waals surface area contributed by atoms with E-state index in [0.29, 0.717) is 6.42 Å². The smallest absolute Gasteiger partial charge is 0.330 e. The Balaban J connectivity index is -0.000000108. The number of nitrogens with zero attached hydrogens (tertiary/aromatic N) is 2. The van der Waals surface area contributed by atoms with E-state index in [0.717, 1.165) is 0 Å². The highest BCUT2D eigenvalue weighted by molar-refractivity contribution is 8.93. The van der Waals surface area contributed by atoms with Crippen LogP contribution in [0.15, 0.2) is 12.2 Å². The van der Waals surface area contributed by atoms with E-state index < -0.39 is 5.97 Å². The van der Waals surface area contributed by atoms with E-state index in [2.05, 4.69) is 57.9 Å². The predicted octanol–water partition coefficient (Wildman–Crippen LogP) is 4.31. The number of aliphatic carboxylic acids is 1. The average molecular weight is 383 g/mol. The van der Waals surface area contributed by atoms with Crippen LogP contribution < -0.4 is 0 Å². The Morgan fingerprint density at radius 1 is 0.773 bits per heavy atom. The van der Waals surface area contributed by atoms with Crippen molar-refractivity contribution in [1.82, 2.24) is 9.80 Å². The molecule has 4 nitrogen and oxygen atoms in total. The predicted molar refractivity (Wildman–Crippen MR) is 104 cm³/mol. The van der Waals surface area contributed by atoms with Crippen LogP contribution in [0.1, 0.15) is 54.9 Å². The number of halogens is 1. The molecule has 0 heterocycles. The summed E-state index contributed by atoms with van der Waals surface area (Å²) in [6, 6.07) is 0. The van der Waals surface area contributed by atoms with Gasteiger partial charge in [-0.2, -0.15) is 0 Å². The van der Waals surface area contributed by atoms with Gasteiger partial charge in [0.05, 0.1) is 0 Å². The van der Waals surface area contributed by atoms with Gasteiger partial charge in [0.2, 0.25) is 0 Å². The van der Waals surface area contributed by atoms with E-state index in [4.69, 9.17) is 5.11 Å². The maximum atomic E-state index is 9.83. The van der Waals surface area contributed by atoms with E-state index in [-0.39, 0.29) is 22.6 Å². The largest absolute Gasteiger partial charge is 0.478 e. The molecule has 1 N–H and O–H groups in total. The fraction of sp³-hybridized carbons (Fsp3) is 0.824. The minimum Gasteiger partial charge on any atom is -0.478 e. The van der Waals surface area contributed by atoms with E-state index in [9.17, 15) is 4.79 Å². The zero-order chi connectivity index (χ0) is 17.3. The first kappa shape index (κ1) is 29.6. The minimum atomic E-state index is -0.900. The molecule has 22 heavy (non-hydrogen) atoms. The summed E-state index contributed by atoms with van der Waals surface area (Å²) in [4.78, 5) is 14.6. The summed E-state index contributed by atoms with van der Waals surface area (Å²) in [6.07, 6.45) is 0.523. The molecule has 0 aromatic carbocycles. The normalized spacial score (nSPS) is 9.14. The van der Waals surface area contributed by atoms with Crippen LogP contribution >= 0.6 is 17.0 Å². The second-order valence-electron chi connectivity index (χ2n) is 4.50. The molecule has 0 aromatic heterocycles. The molecular formula is C17H39BrN2O2. The molecule has 0 fully saturated rings. The lowest BCUT2D eigenvalue weighted by atomic mass is 10.2. The van der Waals surface area contributed by atoms with E-state index in [1.165, 1.54) is 39.3 Å². The van der Waals surface area contributed by atoms with Crippen molar-refractivity contribution >= 4 is 23.0 Å². The first-order chi connectivity index (χ1) is 9.87. The maximum absolute atomic E-state index is 9.83. The number of hydrogen-bond acceptors (Lipinski definition) is 3. The third-order valence-electron chi connectivity index (χ3n) is 3.41. The van der Waals surface area contributed by atoms with E-state index in [1.54, 1.807) is 6.92 Å². The SMILES string of the molecule is Br.C=C(CC)C(=O)O.CCN(CC)CC.CCN(CC)CC. The minimum absolute atomic E-state index is 0. The monoisotopic (exact) mass is 382 g/mol. The van der Waals surface area contributed by atoms with Gasteiger partial charge < -0.3 is 14.9 Å². The van der Waals surface area contributed by atoms with Gasteiger partial charge in [0, 0.05) is 5.57 Å². The summed E-state index contributed by atoms with van der Waals surface area (Å²) < 4.78 is 0. The number of rotatable bonds is 8. The second kappa shape index (κ2) is 22.9. The van der Waals surface area contributed by atoms with Crippen molar-refractivity contribution in [2.45, 2.75) is 54.9 Å². The Hall–Kier alpha value is -0.390. The highest BCUT2D eigenvalue weighted by Gasteiger charge is 1.96. The molecule has 0 aliphatic rings. The molecule has 0 bridgehead atoms. The molecular weight excluding hydrogens is 344 g/mol. The highest BCUT2D eigenvalue weighted by Crippen LogP contribution is 1.93. The Labute approximate surface area is 149 Å². The third kappa shape index (κ3) is 21.9. The molecule has 0 aliphatic heterocycles. The Morgan fingerprint density at radius 2 is 1.00 bits per heavy atom. The summed E-state index contributed by atoms with van der Waals surface area (Å²) >= 11 is 0. The van der Waals surface area contributed by atoms with Crippen molar-refractivity contribution < 1.29 is 9.90 Å². The molecule has 0 aromatic rings. The van der Waals surface area contributed by atoms with Gasteiger partial charge in [-0.05, 0) is 45.7 Å². The van der Waals surface area contributed by atoms with Crippen LogP contribution in [0, 0.1) is 0 Å². The van der Waals surface area contributed by atoms with Gasteiger partial charge in [0.25, 0.3) is 0 Å². The standard InChI is InChI=1S/2C6H15N.C5H8O2.BrH/c2*1-4-7(5-2)6-3;1-3-4(2)5(6)7;/h2*4-6H2,1-3H3;2-3H2,1H3,(H,6,7);1H. The topological polar surface area (TPSA) is 43.8 Å². The molecule has 0 atom stereocenters. The van der Waals surface area contributed by atoms with E-state index in [1.807, 2.05) is 0 Å². The molecule has 136 valence electrons. The molecule has 5 heteroatoms. The van der Waals surface area contributed by atoms with Gasteiger partial charge in [0.1, 0.15) is 0 Å². The van der Waals surface area contributed by atoms with Crippen LogP contribution in [0.25, 0.3) is 0 Å². The zero-order valence-corrected chi connectivity index (χ0v) is 17.5. The van der Waals surface area contributed by atoms with Gasteiger partial charge in [-0.3, -0.25) is 0 Å². The fourth-order valence-electron chi connectivity index (χ4n) is 1.49. The van der Waals surface area contributed by atoms with Crippen molar-refractivity contribution in [2.24, 2.45) is 0 Å². The van der Waals surface area contributed by atoms with E-state index >= 15 is 0 Å². The van der Waals surface area contributed by atoms with Crippen molar-refractivity contribution in [3.63, 3.8) is 0 Å².